The molecule has 0 aromatic heterocycles. The van der Waals surface area contributed by atoms with Crippen LogP contribution in [-0.2, 0) is 20.0 Å². The summed E-state index contributed by atoms with van der Waals surface area (Å²) >= 11 is 0. The van der Waals surface area contributed by atoms with Crippen molar-refractivity contribution >= 4 is 37.2 Å². The lowest BCUT2D eigenvalue weighted by atomic mass is 10.1. The molecule has 3 aromatic carbocycles. The molecule has 0 aliphatic carbocycles. The number of Topliss-reactive ketones (excluding diaryl/α,β-unsaturated/α-hetero) is 1. The maximum absolute atomic E-state index is 13.1. The summed E-state index contributed by atoms with van der Waals surface area (Å²) in [5, 5.41) is 3.01. The fourth-order valence-electron chi connectivity index (χ4n) is 4.31. The molecule has 0 spiro atoms. The summed E-state index contributed by atoms with van der Waals surface area (Å²) in [7, 11) is -7.28. The maximum atomic E-state index is 13.1. The third-order valence-corrected chi connectivity index (χ3v) is 10.2. The zero-order valence-electron chi connectivity index (χ0n) is 20.7. The number of hydrogen-bond acceptors (Lipinski definition) is 6. The Morgan fingerprint density at radius 2 is 1.41 bits per heavy atom. The van der Waals surface area contributed by atoms with E-state index in [1.54, 1.807) is 43.3 Å². The third-order valence-electron chi connectivity index (χ3n) is 6.36. The van der Waals surface area contributed by atoms with E-state index in [4.69, 9.17) is 0 Å². The Morgan fingerprint density at radius 1 is 0.811 bits per heavy atom. The number of carbonyl (C=O) groups is 1. The lowest BCUT2D eigenvalue weighted by Crippen LogP contribution is -2.35. The van der Waals surface area contributed by atoms with Crippen LogP contribution in [0.1, 0.15) is 36.5 Å². The van der Waals surface area contributed by atoms with Crippen LogP contribution in [0.3, 0.4) is 0 Å². The van der Waals surface area contributed by atoms with Gasteiger partial charge in [0.15, 0.2) is 5.78 Å². The monoisotopic (exact) mass is 541 g/mol. The number of para-hydroxylation sites is 1. The van der Waals surface area contributed by atoms with Crippen LogP contribution in [-0.4, -0.2) is 53.1 Å². The fraction of sp³-hybridized carbons (Fsp3) is 0.296. The Morgan fingerprint density at radius 3 is 2.00 bits per heavy atom. The molecule has 3 aromatic rings. The highest BCUT2D eigenvalue weighted by molar-refractivity contribution is 7.92. The zero-order chi connectivity index (χ0) is 26.5. The average Bonchev–Trinajstić information content (AvgIpc) is 2.93. The first-order valence-electron chi connectivity index (χ1n) is 12.3. The summed E-state index contributed by atoms with van der Waals surface area (Å²) in [6, 6.07) is 21.2. The highest BCUT2D eigenvalue weighted by Gasteiger charge is 2.26. The van der Waals surface area contributed by atoms with Gasteiger partial charge in [0, 0.05) is 30.9 Å². The molecule has 0 atom stereocenters. The molecule has 0 radical (unpaired) electrons. The summed E-state index contributed by atoms with van der Waals surface area (Å²) in [6.07, 6.45) is 2.76. The summed E-state index contributed by atoms with van der Waals surface area (Å²) < 4.78 is 54.7. The molecule has 1 fully saturated rings. The standard InChI is InChI=1S/C27H31N3O5S2/c1-2-30(24-9-5-3-6-10-24)37(34,35)26-17-13-23(14-18-26)28-21-27(31)22-11-15-25(16-12-22)36(32,33)29-19-7-4-8-20-29/h3,5-6,9-18,28H,2,4,7-8,19-21H2,1H3. The van der Waals surface area contributed by atoms with E-state index in [0.717, 1.165) is 19.3 Å². The predicted octanol–water partition coefficient (Wildman–Crippen LogP) is 4.37. The van der Waals surface area contributed by atoms with Gasteiger partial charge in [-0.2, -0.15) is 4.31 Å². The van der Waals surface area contributed by atoms with E-state index in [0.29, 0.717) is 36.6 Å². The maximum Gasteiger partial charge on any atom is 0.264 e. The number of carbonyl (C=O) groups excluding carboxylic acids is 1. The minimum Gasteiger partial charge on any atom is -0.378 e. The molecule has 10 heteroatoms. The first-order valence-corrected chi connectivity index (χ1v) is 15.2. The molecular weight excluding hydrogens is 510 g/mol. The normalized spacial score (nSPS) is 14.7. The van der Waals surface area contributed by atoms with Gasteiger partial charge in [-0.05, 0) is 80.4 Å². The second-order valence-electron chi connectivity index (χ2n) is 8.80. The third kappa shape index (κ3) is 6.03. The number of benzene rings is 3. The molecule has 1 aliphatic heterocycles. The van der Waals surface area contributed by atoms with E-state index in [1.165, 1.54) is 45.0 Å². The van der Waals surface area contributed by atoms with Crippen LogP contribution in [0.5, 0.6) is 0 Å². The predicted molar refractivity (Wildman–Crippen MR) is 145 cm³/mol. The molecule has 37 heavy (non-hydrogen) atoms. The second-order valence-corrected chi connectivity index (χ2v) is 12.6. The van der Waals surface area contributed by atoms with Crippen LogP contribution in [0.25, 0.3) is 0 Å². The highest BCUT2D eigenvalue weighted by atomic mass is 32.2. The molecule has 4 rings (SSSR count). The number of piperidine rings is 1. The van der Waals surface area contributed by atoms with E-state index < -0.39 is 20.0 Å². The van der Waals surface area contributed by atoms with Gasteiger partial charge >= 0.3 is 0 Å². The Hall–Kier alpha value is -3.21. The first-order chi connectivity index (χ1) is 17.7. The van der Waals surface area contributed by atoms with Crippen molar-refractivity contribution < 1.29 is 21.6 Å². The van der Waals surface area contributed by atoms with Crippen LogP contribution in [0.4, 0.5) is 11.4 Å². The van der Waals surface area contributed by atoms with Gasteiger partial charge in [0.05, 0.1) is 22.0 Å². The quantitative estimate of drug-likeness (QED) is 0.382. The fourth-order valence-corrected chi connectivity index (χ4v) is 7.30. The molecular formula is C27H31N3O5S2. The van der Waals surface area contributed by atoms with Crippen molar-refractivity contribution in [2.75, 3.05) is 35.8 Å². The van der Waals surface area contributed by atoms with Gasteiger partial charge in [-0.15, -0.1) is 0 Å². The molecule has 1 N–H and O–H groups in total. The molecule has 8 nitrogen and oxygen atoms in total. The van der Waals surface area contributed by atoms with Gasteiger partial charge in [-0.25, -0.2) is 16.8 Å². The summed E-state index contributed by atoms with van der Waals surface area (Å²) in [6.45, 7) is 3.10. The van der Waals surface area contributed by atoms with Crippen molar-refractivity contribution in [2.45, 2.75) is 36.0 Å². The van der Waals surface area contributed by atoms with Crippen molar-refractivity contribution in [3.05, 3.63) is 84.4 Å². The second kappa shape index (κ2) is 11.5. The Balaban J connectivity index is 1.39. The molecule has 0 saturated carbocycles. The van der Waals surface area contributed by atoms with Crippen LogP contribution in [0, 0.1) is 0 Å². The molecule has 0 amide bonds. The van der Waals surface area contributed by atoms with E-state index >= 15 is 0 Å². The SMILES string of the molecule is CCN(c1ccccc1)S(=O)(=O)c1ccc(NCC(=O)c2ccc(S(=O)(=O)N3CCCCC3)cc2)cc1. The van der Waals surface area contributed by atoms with Crippen LogP contribution >= 0.6 is 0 Å². The number of anilines is 2. The largest absolute Gasteiger partial charge is 0.378 e. The summed E-state index contributed by atoms with van der Waals surface area (Å²) in [5.74, 6) is -0.208. The van der Waals surface area contributed by atoms with Crippen molar-refractivity contribution in [2.24, 2.45) is 0 Å². The number of sulfonamides is 2. The number of ketones is 1. The van der Waals surface area contributed by atoms with Gasteiger partial charge in [0.2, 0.25) is 10.0 Å². The molecule has 196 valence electrons. The number of nitrogens with one attached hydrogen (secondary N) is 1. The van der Waals surface area contributed by atoms with E-state index in [-0.39, 0.29) is 22.1 Å². The molecule has 0 bridgehead atoms. The van der Waals surface area contributed by atoms with Crippen molar-refractivity contribution in [1.82, 2.24) is 4.31 Å². The zero-order valence-corrected chi connectivity index (χ0v) is 22.3. The van der Waals surface area contributed by atoms with Crippen LogP contribution < -0.4 is 9.62 Å². The first kappa shape index (κ1) is 26.8. The Kier molecular flexibility index (Phi) is 8.31. The van der Waals surface area contributed by atoms with E-state index in [1.807, 2.05) is 6.07 Å². The van der Waals surface area contributed by atoms with Gasteiger partial charge in [0.1, 0.15) is 0 Å². The Bertz CT molecular complexity index is 1420. The van der Waals surface area contributed by atoms with Gasteiger partial charge in [0.25, 0.3) is 10.0 Å². The number of hydrogen-bond donors (Lipinski definition) is 1. The minimum atomic E-state index is -3.73. The summed E-state index contributed by atoms with van der Waals surface area (Å²) in [4.78, 5) is 13.0. The lowest BCUT2D eigenvalue weighted by molar-refractivity contribution is 0.101. The van der Waals surface area contributed by atoms with Crippen LogP contribution in [0.2, 0.25) is 0 Å². The average molecular weight is 542 g/mol. The van der Waals surface area contributed by atoms with E-state index in [9.17, 15) is 21.6 Å². The summed E-state index contributed by atoms with van der Waals surface area (Å²) in [5.41, 5.74) is 1.58. The molecule has 0 unspecified atom stereocenters. The lowest BCUT2D eigenvalue weighted by Gasteiger charge is -2.25. The van der Waals surface area contributed by atoms with Crippen molar-refractivity contribution in [1.29, 1.82) is 0 Å². The topological polar surface area (TPSA) is 104 Å². The molecule has 1 aliphatic rings. The highest BCUT2D eigenvalue weighted by Crippen LogP contribution is 2.25. The minimum absolute atomic E-state index is 0.0184. The van der Waals surface area contributed by atoms with Gasteiger partial charge < -0.3 is 5.32 Å². The van der Waals surface area contributed by atoms with Crippen molar-refractivity contribution in [3.63, 3.8) is 0 Å². The van der Waals surface area contributed by atoms with Crippen LogP contribution in [0.15, 0.2) is 88.7 Å². The van der Waals surface area contributed by atoms with E-state index in [2.05, 4.69) is 5.32 Å². The van der Waals surface area contributed by atoms with Gasteiger partial charge in [-0.1, -0.05) is 24.6 Å². The molecule has 1 saturated heterocycles. The molecule has 1 heterocycles. The Labute approximate surface area is 219 Å². The number of nitrogens with zero attached hydrogens (tertiary/aromatic N) is 2. The van der Waals surface area contributed by atoms with Gasteiger partial charge in [-0.3, -0.25) is 9.10 Å². The smallest absolute Gasteiger partial charge is 0.264 e. The van der Waals surface area contributed by atoms with Crippen molar-refractivity contribution in [3.8, 4) is 0 Å². The number of rotatable bonds is 10.